The van der Waals surface area contributed by atoms with Gasteiger partial charge in [-0.2, -0.15) is 0 Å². The molecular formula is C34H51NO6. The molecule has 1 fully saturated rings. The number of carbonyl (C=O) groups excluding carboxylic acids is 1. The maximum atomic E-state index is 13.5. The summed E-state index contributed by atoms with van der Waals surface area (Å²) in [6.45, 7) is 12.6. The van der Waals surface area contributed by atoms with E-state index in [1.807, 2.05) is 81.4 Å². The first-order chi connectivity index (χ1) is 19.4. The van der Waals surface area contributed by atoms with E-state index in [0.29, 0.717) is 26.1 Å². The zero-order valence-corrected chi connectivity index (χ0v) is 26.1. The first kappa shape index (κ1) is 33.1. The van der Waals surface area contributed by atoms with Crippen molar-refractivity contribution in [3.05, 3.63) is 71.8 Å². The van der Waals surface area contributed by atoms with E-state index >= 15 is 0 Å². The van der Waals surface area contributed by atoms with Gasteiger partial charge in [-0.05, 0) is 43.7 Å². The van der Waals surface area contributed by atoms with E-state index in [1.54, 1.807) is 7.05 Å². The minimum absolute atomic E-state index is 0.0560. The minimum Gasteiger partial charge on any atom is -0.444 e. The second-order valence-corrected chi connectivity index (χ2v) is 12.9. The van der Waals surface area contributed by atoms with Gasteiger partial charge in [-0.3, -0.25) is 4.90 Å². The molecule has 0 spiro atoms. The molecule has 228 valence electrons. The smallest absolute Gasteiger partial charge is 0.412 e. The SMILES string of the molecule is CCCCC(C)(C)C(O)CO[C@]1(N(C)C(=O)OC(C)(C)C)C[C@H](OCc2ccccc2)C[C@@H]1OCc1ccccc1. The van der Waals surface area contributed by atoms with Crippen LogP contribution in [0.4, 0.5) is 4.79 Å². The van der Waals surface area contributed by atoms with E-state index in [0.717, 1.165) is 30.4 Å². The van der Waals surface area contributed by atoms with Crippen molar-refractivity contribution in [1.82, 2.24) is 4.90 Å². The highest BCUT2D eigenvalue weighted by atomic mass is 16.6. The fourth-order valence-electron chi connectivity index (χ4n) is 5.18. The third-order valence-electron chi connectivity index (χ3n) is 7.93. The first-order valence-corrected chi connectivity index (χ1v) is 15.0. The van der Waals surface area contributed by atoms with E-state index in [1.165, 1.54) is 4.90 Å². The summed E-state index contributed by atoms with van der Waals surface area (Å²) in [6, 6.07) is 20.0. The van der Waals surface area contributed by atoms with Gasteiger partial charge in [0.05, 0.1) is 32.0 Å². The van der Waals surface area contributed by atoms with Crippen LogP contribution in [0.25, 0.3) is 0 Å². The standard InChI is InChI=1S/C34H51NO6/c1-8-9-20-33(5,6)29(36)25-40-34(35(7)31(37)41-32(2,3)4)22-28(38-23-26-16-12-10-13-17-26)21-30(34)39-24-27-18-14-11-15-19-27/h10-19,28-30,36H,8-9,20-25H2,1-7H3/t28-,29?,30+,34-/m1/s1. The van der Waals surface area contributed by atoms with Crippen molar-refractivity contribution in [2.24, 2.45) is 5.41 Å². The average molecular weight is 570 g/mol. The molecule has 0 aliphatic heterocycles. The summed E-state index contributed by atoms with van der Waals surface area (Å²) < 4.78 is 25.4. The van der Waals surface area contributed by atoms with E-state index in [2.05, 4.69) is 20.8 Å². The van der Waals surface area contributed by atoms with Crippen molar-refractivity contribution >= 4 is 6.09 Å². The van der Waals surface area contributed by atoms with Gasteiger partial charge in [0.15, 0.2) is 5.72 Å². The topological polar surface area (TPSA) is 77.5 Å². The molecule has 0 aromatic heterocycles. The fourth-order valence-corrected chi connectivity index (χ4v) is 5.18. The molecule has 1 amide bonds. The zero-order valence-electron chi connectivity index (χ0n) is 26.1. The lowest BCUT2D eigenvalue weighted by Gasteiger charge is -2.44. The third kappa shape index (κ3) is 9.53. The second-order valence-electron chi connectivity index (χ2n) is 12.9. The summed E-state index contributed by atoms with van der Waals surface area (Å²) in [5, 5.41) is 11.3. The Kier molecular flexibility index (Phi) is 11.8. The number of aliphatic hydroxyl groups is 1. The largest absolute Gasteiger partial charge is 0.444 e. The Bertz CT molecular complexity index is 1050. The van der Waals surface area contributed by atoms with Gasteiger partial charge in [0.2, 0.25) is 0 Å². The van der Waals surface area contributed by atoms with Crippen LogP contribution in [0, 0.1) is 5.41 Å². The maximum absolute atomic E-state index is 13.5. The number of carbonyl (C=O) groups is 1. The van der Waals surface area contributed by atoms with Gasteiger partial charge in [-0.1, -0.05) is 94.3 Å². The molecule has 1 unspecified atom stereocenters. The molecule has 3 rings (SSSR count). The highest BCUT2D eigenvalue weighted by Crippen LogP contribution is 2.42. The van der Waals surface area contributed by atoms with Gasteiger partial charge in [0, 0.05) is 19.9 Å². The highest BCUT2D eigenvalue weighted by Gasteiger charge is 2.55. The maximum Gasteiger partial charge on any atom is 0.412 e. The van der Waals surface area contributed by atoms with Crippen LogP contribution in [0.2, 0.25) is 0 Å². The van der Waals surface area contributed by atoms with Crippen molar-refractivity contribution in [3.8, 4) is 0 Å². The quantitative estimate of drug-likeness (QED) is 0.244. The number of amides is 1. The van der Waals surface area contributed by atoms with Crippen LogP contribution in [0.5, 0.6) is 0 Å². The minimum atomic E-state index is -1.19. The van der Waals surface area contributed by atoms with Crippen molar-refractivity contribution < 1.29 is 28.8 Å². The predicted molar refractivity (Wildman–Crippen MR) is 161 cm³/mol. The van der Waals surface area contributed by atoms with Crippen LogP contribution in [0.1, 0.15) is 84.8 Å². The molecule has 1 saturated carbocycles. The van der Waals surface area contributed by atoms with Crippen molar-refractivity contribution in [1.29, 1.82) is 0 Å². The molecular weight excluding hydrogens is 518 g/mol. The Morgan fingerprint density at radius 1 is 0.976 bits per heavy atom. The fraction of sp³-hybridized carbons (Fsp3) is 0.618. The highest BCUT2D eigenvalue weighted by molar-refractivity contribution is 5.69. The van der Waals surface area contributed by atoms with Crippen LogP contribution in [-0.4, -0.2) is 59.4 Å². The Labute approximate surface area is 247 Å². The van der Waals surface area contributed by atoms with Gasteiger partial charge < -0.3 is 24.1 Å². The summed E-state index contributed by atoms with van der Waals surface area (Å²) in [6.07, 6.45) is 1.90. The molecule has 0 radical (unpaired) electrons. The van der Waals surface area contributed by atoms with Crippen LogP contribution < -0.4 is 0 Å². The average Bonchev–Trinajstić information content (AvgIpc) is 3.30. The summed E-state index contributed by atoms with van der Waals surface area (Å²) in [5.74, 6) is 0. The van der Waals surface area contributed by atoms with Gasteiger partial charge in [-0.15, -0.1) is 0 Å². The van der Waals surface area contributed by atoms with Crippen LogP contribution in [0.15, 0.2) is 60.7 Å². The summed E-state index contributed by atoms with van der Waals surface area (Å²) >= 11 is 0. The van der Waals surface area contributed by atoms with E-state index < -0.39 is 29.6 Å². The summed E-state index contributed by atoms with van der Waals surface area (Å²) in [7, 11) is 1.70. The van der Waals surface area contributed by atoms with E-state index in [-0.39, 0.29) is 18.1 Å². The molecule has 2 aromatic rings. The Balaban J connectivity index is 1.90. The number of rotatable bonds is 14. The summed E-state index contributed by atoms with van der Waals surface area (Å²) in [5.41, 5.74) is -0.127. The summed E-state index contributed by atoms with van der Waals surface area (Å²) in [4.78, 5) is 15.0. The molecule has 0 heterocycles. The van der Waals surface area contributed by atoms with E-state index in [9.17, 15) is 9.90 Å². The second kappa shape index (κ2) is 14.6. The van der Waals surface area contributed by atoms with Crippen molar-refractivity contribution in [2.75, 3.05) is 13.7 Å². The van der Waals surface area contributed by atoms with Gasteiger partial charge in [-0.25, -0.2) is 4.79 Å². The molecule has 0 bridgehead atoms. The molecule has 2 aromatic carbocycles. The van der Waals surface area contributed by atoms with E-state index in [4.69, 9.17) is 18.9 Å². The molecule has 7 heteroatoms. The number of likely N-dealkylation sites (N-methyl/N-ethyl adjacent to an activating group) is 1. The number of ether oxygens (including phenoxy) is 4. The van der Waals surface area contributed by atoms with Crippen LogP contribution in [-0.2, 0) is 32.2 Å². The molecule has 41 heavy (non-hydrogen) atoms. The molecule has 1 aliphatic rings. The number of hydrogen-bond acceptors (Lipinski definition) is 6. The monoisotopic (exact) mass is 569 g/mol. The lowest BCUT2D eigenvalue weighted by molar-refractivity contribution is -0.219. The van der Waals surface area contributed by atoms with Gasteiger partial charge >= 0.3 is 6.09 Å². The van der Waals surface area contributed by atoms with Crippen LogP contribution in [0.3, 0.4) is 0 Å². The molecule has 7 nitrogen and oxygen atoms in total. The number of nitrogens with zero attached hydrogens (tertiary/aromatic N) is 1. The number of hydrogen-bond donors (Lipinski definition) is 1. The normalized spacial score (nSPS) is 22.0. The lowest BCUT2D eigenvalue weighted by Crippen LogP contribution is -2.59. The zero-order chi connectivity index (χ0) is 30.1. The van der Waals surface area contributed by atoms with Crippen molar-refractivity contribution in [3.63, 3.8) is 0 Å². The Morgan fingerprint density at radius 3 is 2.07 bits per heavy atom. The Hall–Kier alpha value is -2.45. The van der Waals surface area contributed by atoms with Gasteiger partial charge in [0.1, 0.15) is 11.7 Å². The predicted octanol–water partition coefficient (Wildman–Crippen LogP) is 7.11. The number of benzene rings is 2. The Morgan fingerprint density at radius 2 is 1.54 bits per heavy atom. The first-order valence-electron chi connectivity index (χ1n) is 15.0. The van der Waals surface area contributed by atoms with Crippen molar-refractivity contribution in [2.45, 2.75) is 116 Å². The number of aliphatic hydroxyl groups excluding tert-OH is 1. The molecule has 1 N–H and O–H groups in total. The van der Waals surface area contributed by atoms with Gasteiger partial charge in [0.25, 0.3) is 0 Å². The molecule has 1 aliphatic carbocycles. The van der Waals surface area contributed by atoms with Crippen LogP contribution >= 0.6 is 0 Å². The molecule has 4 atom stereocenters. The lowest BCUT2D eigenvalue weighted by atomic mass is 9.82. The number of unbranched alkanes of at least 4 members (excludes halogenated alkanes) is 1. The third-order valence-corrected chi connectivity index (χ3v) is 7.93. The molecule has 0 saturated heterocycles.